The number of fused-ring (bicyclic) bond motifs is 1. The van der Waals surface area contributed by atoms with Gasteiger partial charge in [0.25, 0.3) is 5.69 Å². The van der Waals surface area contributed by atoms with Crippen LogP contribution in [0, 0.1) is 10.1 Å². The third-order valence-electron chi connectivity index (χ3n) is 6.53. The molecule has 0 aliphatic heterocycles. The zero-order chi connectivity index (χ0) is 31.5. The molecule has 2 amide bonds. The lowest BCUT2D eigenvalue weighted by molar-refractivity contribution is -0.384. The number of nitrogens with zero attached hydrogens (tertiary/aromatic N) is 3. The summed E-state index contributed by atoms with van der Waals surface area (Å²) in [5.41, 5.74) is -0.760. The van der Waals surface area contributed by atoms with Gasteiger partial charge in [0.1, 0.15) is 11.3 Å². The molecular formula is C29H20ClF4N5O4S. The van der Waals surface area contributed by atoms with E-state index in [0.29, 0.717) is 15.6 Å². The third-order valence-corrected chi connectivity index (χ3v) is 7.58. The second kappa shape index (κ2) is 12.4. The van der Waals surface area contributed by atoms with Gasteiger partial charge in [-0.2, -0.15) is 21.9 Å². The van der Waals surface area contributed by atoms with Crippen molar-refractivity contribution in [3.8, 4) is 5.75 Å². The lowest BCUT2D eigenvalue weighted by atomic mass is 9.80. The third kappa shape index (κ3) is 6.55. The topological polar surface area (TPSA) is 119 Å². The molecule has 3 aromatic carbocycles. The van der Waals surface area contributed by atoms with E-state index >= 15 is 0 Å². The summed E-state index contributed by atoms with van der Waals surface area (Å²) in [5, 5.41) is 17.4. The van der Waals surface area contributed by atoms with Gasteiger partial charge in [-0.05, 0) is 53.0 Å². The van der Waals surface area contributed by atoms with Gasteiger partial charge in [-0.25, -0.2) is 4.79 Å². The Morgan fingerprint density at radius 3 is 2.50 bits per heavy atom. The first kappa shape index (κ1) is 30.6. The Labute approximate surface area is 255 Å². The number of urea groups is 1. The Hall–Kier alpha value is -4.82. The van der Waals surface area contributed by atoms with Gasteiger partial charge >= 0.3 is 18.6 Å². The Balaban J connectivity index is 1.61. The van der Waals surface area contributed by atoms with Crippen molar-refractivity contribution in [1.82, 2.24) is 14.7 Å². The summed E-state index contributed by atoms with van der Waals surface area (Å²) in [6, 6.07) is 20.1. The Morgan fingerprint density at radius 1 is 1.05 bits per heavy atom. The maximum absolute atomic E-state index is 13.9. The van der Waals surface area contributed by atoms with Crippen LogP contribution in [0.25, 0.3) is 10.1 Å². The van der Waals surface area contributed by atoms with Gasteiger partial charge < -0.3 is 10.1 Å². The van der Waals surface area contributed by atoms with Gasteiger partial charge in [-0.15, -0.1) is 0 Å². The summed E-state index contributed by atoms with van der Waals surface area (Å²) in [6.45, 7) is 0. The largest absolute Gasteiger partial charge is 0.461 e. The van der Waals surface area contributed by atoms with Gasteiger partial charge in [-0.1, -0.05) is 54.1 Å². The van der Waals surface area contributed by atoms with Crippen LogP contribution in [0.3, 0.4) is 0 Å². The van der Waals surface area contributed by atoms with Crippen LogP contribution in [0.2, 0.25) is 5.02 Å². The molecule has 0 saturated heterocycles. The summed E-state index contributed by atoms with van der Waals surface area (Å²) < 4.78 is 62.8. The molecule has 0 aliphatic rings. The van der Waals surface area contributed by atoms with E-state index in [-0.39, 0.29) is 34.2 Å². The molecule has 15 heteroatoms. The highest BCUT2D eigenvalue weighted by molar-refractivity contribution is 7.13. The molecule has 5 rings (SSSR count). The normalized spacial score (nSPS) is 13.0. The average molecular weight is 646 g/mol. The summed E-state index contributed by atoms with van der Waals surface area (Å²) >= 11 is 7.10. The minimum atomic E-state index is -4.78. The first-order valence-electron chi connectivity index (χ1n) is 12.7. The summed E-state index contributed by atoms with van der Waals surface area (Å²) in [4.78, 5) is 28.9. The van der Waals surface area contributed by atoms with Crippen molar-refractivity contribution < 1.29 is 32.0 Å². The van der Waals surface area contributed by atoms with E-state index in [1.165, 1.54) is 48.7 Å². The average Bonchev–Trinajstić information content (AvgIpc) is 3.39. The molecule has 226 valence electrons. The van der Waals surface area contributed by atoms with Crippen molar-refractivity contribution in [3.63, 3.8) is 0 Å². The Kier molecular flexibility index (Phi) is 8.65. The van der Waals surface area contributed by atoms with Gasteiger partial charge in [0.2, 0.25) is 0 Å². The van der Waals surface area contributed by atoms with Crippen LogP contribution in [0.15, 0.2) is 91.1 Å². The van der Waals surface area contributed by atoms with Crippen LogP contribution < -0.4 is 15.4 Å². The maximum atomic E-state index is 13.9. The fourth-order valence-corrected chi connectivity index (χ4v) is 5.37. The number of nitro groups is 1. The van der Waals surface area contributed by atoms with E-state index in [1.807, 2.05) is 0 Å². The van der Waals surface area contributed by atoms with Gasteiger partial charge in [0, 0.05) is 30.1 Å². The van der Waals surface area contributed by atoms with Crippen LogP contribution >= 0.6 is 23.1 Å². The first-order chi connectivity index (χ1) is 21.0. The fraction of sp³-hybridized carbons (Fsp3) is 0.138. The van der Waals surface area contributed by atoms with Crippen LogP contribution in [0.4, 0.5) is 33.9 Å². The van der Waals surface area contributed by atoms with E-state index in [2.05, 4.69) is 24.7 Å². The number of hydrogen-bond acceptors (Lipinski definition) is 7. The lowest BCUT2D eigenvalue weighted by Gasteiger charge is -2.35. The number of nitro benzene ring substituents is 1. The van der Waals surface area contributed by atoms with Crippen LogP contribution in [0.1, 0.15) is 16.8 Å². The molecule has 2 heterocycles. The molecule has 0 saturated carbocycles. The standard InChI is InChI=1S/C29H20ClF4N5O4S/c30-19-9-12-24(35-16-19)28(15-17-5-2-1-3-6-17,18-7-4-8-21(13-18)43-29(33,34)26(31)32)37-27(40)36-25-22-14-20(39(41)42)10-11-23(22)44-38-25/h1-14,16,26H,15H2,(H2,36,37,38,40)/t28-/m0/s1. The predicted octanol–water partition coefficient (Wildman–Crippen LogP) is 7.80. The number of anilines is 1. The number of non-ortho nitro benzene ring substituents is 1. The highest BCUT2D eigenvalue weighted by atomic mass is 35.5. The molecule has 0 fully saturated rings. The van der Waals surface area contributed by atoms with Crippen LogP contribution in [0.5, 0.6) is 5.75 Å². The number of ether oxygens (including phenoxy) is 1. The van der Waals surface area contributed by atoms with E-state index < -0.39 is 34.8 Å². The summed E-state index contributed by atoms with van der Waals surface area (Å²) in [6.07, 6.45) is -7.54. The van der Waals surface area contributed by atoms with E-state index in [9.17, 15) is 32.5 Å². The molecule has 0 radical (unpaired) electrons. The number of nitrogens with one attached hydrogen (secondary N) is 2. The minimum Gasteiger partial charge on any atom is -0.428 e. The second-order valence-corrected chi connectivity index (χ2v) is 10.7. The number of halogens is 5. The molecule has 0 bridgehead atoms. The second-order valence-electron chi connectivity index (χ2n) is 9.47. The first-order valence-corrected chi connectivity index (χ1v) is 13.9. The number of rotatable bonds is 10. The molecule has 9 nitrogen and oxygen atoms in total. The lowest BCUT2D eigenvalue weighted by Crippen LogP contribution is -2.50. The number of hydrogen-bond donors (Lipinski definition) is 2. The van der Waals surface area contributed by atoms with Crippen molar-refractivity contribution in [2.24, 2.45) is 0 Å². The van der Waals surface area contributed by atoms with Crippen molar-refractivity contribution in [2.75, 3.05) is 5.32 Å². The number of carbonyl (C=O) groups is 1. The van der Waals surface area contributed by atoms with Crippen molar-refractivity contribution in [3.05, 3.63) is 123 Å². The van der Waals surface area contributed by atoms with E-state index in [0.717, 1.165) is 23.7 Å². The van der Waals surface area contributed by atoms with Gasteiger partial charge in [0.15, 0.2) is 5.82 Å². The molecule has 2 N–H and O–H groups in total. The van der Waals surface area contributed by atoms with Crippen molar-refractivity contribution in [2.45, 2.75) is 24.5 Å². The quantitative estimate of drug-likeness (QED) is 0.0909. The monoisotopic (exact) mass is 645 g/mol. The van der Waals surface area contributed by atoms with Crippen LogP contribution in [-0.2, 0) is 12.0 Å². The molecular weight excluding hydrogens is 626 g/mol. The predicted molar refractivity (Wildman–Crippen MR) is 157 cm³/mol. The van der Waals surface area contributed by atoms with Crippen molar-refractivity contribution >= 4 is 50.8 Å². The van der Waals surface area contributed by atoms with Gasteiger partial charge in [-0.3, -0.25) is 20.4 Å². The SMILES string of the molecule is O=C(Nc1nsc2ccc([N+](=O)[O-])cc12)N[C@@](Cc1ccccc1)(c1cccc(OC(F)(F)C(F)F)c1)c1ccc(Cl)cn1. The number of alkyl halides is 4. The molecule has 0 aliphatic carbocycles. The molecule has 1 atom stereocenters. The number of amides is 2. The minimum absolute atomic E-state index is 0.00781. The molecule has 44 heavy (non-hydrogen) atoms. The maximum Gasteiger partial charge on any atom is 0.461 e. The molecule has 2 aromatic heterocycles. The Bertz CT molecular complexity index is 1810. The van der Waals surface area contributed by atoms with Crippen LogP contribution in [-0.4, -0.2) is 32.8 Å². The summed E-state index contributed by atoms with van der Waals surface area (Å²) in [5.74, 6) is -0.545. The summed E-state index contributed by atoms with van der Waals surface area (Å²) in [7, 11) is 0. The molecule has 0 unspecified atom stereocenters. The number of pyridine rings is 1. The Morgan fingerprint density at radius 2 is 1.82 bits per heavy atom. The zero-order valence-corrected chi connectivity index (χ0v) is 23.8. The highest BCUT2D eigenvalue weighted by Crippen LogP contribution is 2.37. The zero-order valence-electron chi connectivity index (χ0n) is 22.2. The molecule has 0 spiro atoms. The smallest absolute Gasteiger partial charge is 0.428 e. The molecule has 5 aromatic rings. The number of carbonyl (C=O) groups excluding carboxylic acids is 1. The number of aromatic nitrogens is 2. The van der Waals surface area contributed by atoms with E-state index in [4.69, 9.17) is 11.6 Å². The van der Waals surface area contributed by atoms with Gasteiger partial charge in [0.05, 0.1) is 20.3 Å². The van der Waals surface area contributed by atoms with Crippen molar-refractivity contribution in [1.29, 1.82) is 0 Å². The van der Waals surface area contributed by atoms with E-state index in [1.54, 1.807) is 30.3 Å². The fourth-order valence-electron chi connectivity index (χ4n) is 4.54. The highest BCUT2D eigenvalue weighted by Gasteiger charge is 2.45. The number of benzene rings is 3.